The first-order valence-electron chi connectivity index (χ1n) is 12.8. The molecule has 0 saturated carbocycles. The van der Waals surface area contributed by atoms with Crippen LogP contribution in [-0.4, -0.2) is 34.6 Å². The number of amides is 3. The van der Waals surface area contributed by atoms with Crippen LogP contribution in [0.2, 0.25) is 0 Å². The number of aromatic nitrogens is 1. The highest BCUT2D eigenvalue weighted by atomic mass is 79.9. The number of carbonyl (C=O) groups is 3. The van der Waals surface area contributed by atoms with Gasteiger partial charge in [-0.1, -0.05) is 68.9 Å². The number of thiazole rings is 1. The van der Waals surface area contributed by atoms with Crippen LogP contribution in [0.1, 0.15) is 21.9 Å². The molecule has 3 heterocycles. The van der Waals surface area contributed by atoms with Crippen LogP contribution in [0.4, 0.5) is 11.4 Å². The first-order valence-corrected chi connectivity index (χ1v) is 15.3. The summed E-state index contributed by atoms with van der Waals surface area (Å²) in [5, 5.41) is 2.63. The lowest BCUT2D eigenvalue weighted by molar-refractivity contribution is -0.122. The van der Waals surface area contributed by atoms with Crippen LogP contribution < -0.4 is 19.8 Å². The second-order valence-corrected chi connectivity index (χ2v) is 12.9. The number of nitrogens with zero attached hydrogens (tertiary/aromatic N) is 2. The van der Waals surface area contributed by atoms with Gasteiger partial charge >= 0.3 is 4.87 Å². The van der Waals surface area contributed by atoms with Crippen LogP contribution >= 0.6 is 39.0 Å². The van der Waals surface area contributed by atoms with Crippen LogP contribution in [0.3, 0.4) is 0 Å². The van der Waals surface area contributed by atoms with E-state index in [2.05, 4.69) is 21.2 Å². The molecular weight excluding hydrogens is 626 g/mol. The lowest BCUT2D eigenvalue weighted by Crippen LogP contribution is -2.33. The molecule has 2 aliphatic heterocycles. The van der Waals surface area contributed by atoms with Crippen LogP contribution in [0.25, 0.3) is 0 Å². The van der Waals surface area contributed by atoms with E-state index >= 15 is 0 Å². The van der Waals surface area contributed by atoms with Gasteiger partial charge < -0.3 is 10.1 Å². The Hall–Kier alpha value is -3.67. The number of fused-ring (bicyclic) bond motifs is 2. The number of aryl methyl sites for hydroxylation is 1. The summed E-state index contributed by atoms with van der Waals surface area (Å²) in [6.07, 6.45) is 0. The molecule has 1 N–H and O–H groups in total. The minimum absolute atomic E-state index is 0.211. The number of rotatable bonds is 6. The number of anilines is 2. The van der Waals surface area contributed by atoms with E-state index in [4.69, 9.17) is 4.74 Å². The summed E-state index contributed by atoms with van der Waals surface area (Å²) < 4.78 is 7.57. The summed E-state index contributed by atoms with van der Waals surface area (Å²) in [6.45, 7) is 1.75. The van der Waals surface area contributed by atoms with Crippen LogP contribution in [-0.2, 0) is 20.9 Å². The van der Waals surface area contributed by atoms with E-state index in [9.17, 15) is 19.2 Å². The van der Waals surface area contributed by atoms with E-state index in [-0.39, 0.29) is 29.1 Å². The highest BCUT2D eigenvalue weighted by Crippen LogP contribution is 2.54. The van der Waals surface area contributed by atoms with Crippen LogP contribution in [0.15, 0.2) is 87.1 Å². The third-order valence-electron chi connectivity index (χ3n) is 7.25. The van der Waals surface area contributed by atoms with Gasteiger partial charge in [-0.05, 0) is 61.0 Å². The number of hydrogen-bond acceptors (Lipinski definition) is 7. The number of hydrogen-bond donors (Lipinski definition) is 1. The van der Waals surface area contributed by atoms with Gasteiger partial charge in [-0.3, -0.25) is 23.7 Å². The Morgan fingerprint density at radius 1 is 0.951 bits per heavy atom. The first kappa shape index (κ1) is 27.5. The summed E-state index contributed by atoms with van der Waals surface area (Å²) in [6, 6.07) is 21.7. The predicted octanol–water partition coefficient (Wildman–Crippen LogP) is 5.42. The molecule has 0 spiro atoms. The molecule has 1 saturated heterocycles. The normalized spacial score (nSPS) is 19.6. The Bertz CT molecular complexity index is 1720. The highest BCUT2D eigenvalue weighted by molar-refractivity contribution is 9.10. The van der Waals surface area contributed by atoms with Gasteiger partial charge in [-0.15, -0.1) is 0 Å². The molecule has 208 valence electrons. The van der Waals surface area contributed by atoms with E-state index in [1.54, 1.807) is 55.6 Å². The second-order valence-electron chi connectivity index (χ2n) is 9.84. The monoisotopic (exact) mass is 649 g/mol. The van der Waals surface area contributed by atoms with E-state index < -0.39 is 17.1 Å². The summed E-state index contributed by atoms with van der Waals surface area (Å²) in [7, 11) is 1.57. The minimum Gasteiger partial charge on any atom is -0.497 e. The fraction of sp³-hybridized carbons (Fsp3) is 0.200. The molecule has 8 nitrogen and oxygen atoms in total. The van der Waals surface area contributed by atoms with Crippen molar-refractivity contribution in [2.45, 2.75) is 29.7 Å². The number of ether oxygens (including phenoxy) is 1. The fourth-order valence-corrected chi connectivity index (χ4v) is 8.29. The molecule has 2 aliphatic rings. The van der Waals surface area contributed by atoms with Crippen molar-refractivity contribution in [2.75, 3.05) is 17.3 Å². The van der Waals surface area contributed by atoms with Crippen molar-refractivity contribution in [3.63, 3.8) is 0 Å². The lowest BCUT2D eigenvalue weighted by Gasteiger charge is -2.30. The Morgan fingerprint density at radius 2 is 1.63 bits per heavy atom. The molecule has 11 heteroatoms. The van der Waals surface area contributed by atoms with E-state index in [0.717, 1.165) is 26.9 Å². The number of imide groups is 1. The predicted molar refractivity (Wildman–Crippen MR) is 163 cm³/mol. The lowest BCUT2D eigenvalue weighted by atomic mass is 9.83. The van der Waals surface area contributed by atoms with Crippen molar-refractivity contribution in [1.29, 1.82) is 0 Å². The van der Waals surface area contributed by atoms with E-state index in [1.807, 2.05) is 31.2 Å². The number of thioether (sulfide) groups is 1. The van der Waals surface area contributed by atoms with Gasteiger partial charge in [0.05, 0.1) is 23.7 Å². The first-order chi connectivity index (χ1) is 19.7. The third-order valence-corrected chi connectivity index (χ3v) is 10.4. The number of halogens is 1. The van der Waals surface area contributed by atoms with E-state index in [0.29, 0.717) is 27.0 Å². The quantitative estimate of drug-likeness (QED) is 0.280. The van der Waals surface area contributed by atoms with Crippen LogP contribution in [0.5, 0.6) is 5.75 Å². The molecule has 0 bridgehead atoms. The Morgan fingerprint density at radius 3 is 2.29 bits per heavy atom. The van der Waals surface area contributed by atoms with Crippen molar-refractivity contribution >= 4 is 68.1 Å². The van der Waals surface area contributed by atoms with E-state index in [1.165, 1.54) is 21.2 Å². The molecule has 3 aromatic carbocycles. The Labute approximate surface area is 252 Å². The zero-order valence-electron chi connectivity index (χ0n) is 22.0. The largest absolute Gasteiger partial charge is 0.497 e. The summed E-state index contributed by atoms with van der Waals surface area (Å²) >= 11 is 5.61. The SMILES string of the molecule is COc1ccc([C@@H]2c3sc(=O)n(CC(=O)Nc4ccc(C)cc4)c3S[C@H]3C(=O)N(c4ccc(Br)cc4)C(=O)[C@@H]23)cc1. The number of carbonyl (C=O) groups excluding carboxylic acids is 3. The molecule has 0 unspecified atom stereocenters. The molecule has 41 heavy (non-hydrogen) atoms. The Kier molecular flexibility index (Phi) is 7.35. The topological polar surface area (TPSA) is 97.7 Å². The van der Waals surface area contributed by atoms with Crippen molar-refractivity contribution in [3.8, 4) is 5.75 Å². The van der Waals surface area contributed by atoms with Gasteiger partial charge in [0.25, 0.3) is 0 Å². The number of methoxy groups -OCH3 is 1. The minimum atomic E-state index is -0.758. The molecule has 3 atom stereocenters. The third kappa shape index (κ3) is 5.02. The van der Waals surface area contributed by atoms with Crippen molar-refractivity contribution in [1.82, 2.24) is 4.57 Å². The molecular formula is C30H24BrN3O5S2. The number of nitrogens with one attached hydrogen (secondary N) is 1. The fourth-order valence-electron chi connectivity index (χ4n) is 5.25. The molecule has 4 aromatic rings. The maximum absolute atomic E-state index is 14.0. The van der Waals surface area contributed by atoms with Crippen molar-refractivity contribution in [3.05, 3.63) is 103 Å². The molecule has 1 aromatic heterocycles. The van der Waals surface area contributed by atoms with Gasteiger partial charge in [0.2, 0.25) is 17.7 Å². The van der Waals surface area contributed by atoms with Gasteiger partial charge in [0.15, 0.2) is 0 Å². The maximum atomic E-state index is 14.0. The Balaban J connectivity index is 1.40. The zero-order valence-corrected chi connectivity index (χ0v) is 25.2. The second kappa shape index (κ2) is 11.0. The average Bonchev–Trinajstić information content (AvgIpc) is 3.41. The summed E-state index contributed by atoms with van der Waals surface area (Å²) in [4.78, 5) is 55.7. The summed E-state index contributed by atoms with van der Waals surface area (Å²) in [5.41, 5.74) is 2.97. The number of benzene rings is 3. The summed E-state index contributed by atoms with van der Waals surface area (Å²) in [5.74, 6) is -1.62. The maximum Gasteiger partial charge on any atom is 0.308 e. The molecule has 3 amide bonds. The molecule has 0 aliphatic carbocycles. The smallest absolute Gasteiger partial charge is 0.308 e. The van der Waals surface area contributed by atoms with Gasteiger partial charge in [0, 0.05) is 21.0 Å². The van der Waals surface area contributed by atoms with Crippen molar-refractivity contribution < 1.29 is 19.1 Å². The molecule has 1 fully saturated rings. The zero-order chi connectivity index (χ0) is 28.8. The van der Waals surface area contributed by atoms with Gasteiger partial charge in [-0.25, -0.2) is 4.90 Å². The highest BCUT2D eigenvalue weighted by Gasteiger charge is 2.56. The standard InChI is InChI=1S/C30H24BrN3O5S2/c1-16-3-9-19(10-4-16)32-22(35)15-33-29-26(41-30(33)38)23(17-5-13-21(39-2)14-6-17)24-25(40-29)28(37)34(27(24)36)20-11-7-18(31)8-12-20/h3-14,23-25H,15H2,1-2H3,(H,32,35)/t23-,24-,25+/m0/s1. The molecule has 0 radical (unpaired) electrons. The molecule has 6 rings (SSSR count). The average molecular weight is 651 g/mol. The van der Waals surface area contributed by atoms with Gasteiger partial charge in [0.1, 0.15) is 17.5 Å². The van der Waals surface area contributed by atoms with Gasteiger partial charge in [-0.2, -0.15) is 0 Å². The van der Waals surface area contributed by atoms with Crippen LogP contribution in [0, 0.1) is 12.8 Å². The van der Waals surface area contributed by atoms with Crippen molar-refractivity contribution in [2.24, 2.45) is 5.92 Å².